The molecule has 1 N–H and O–H groups in total. The standard InChI is InChI=1S/C14H19N3O/c1-15-8-7-12-10-16-17(2)14(12)11-5-4-6-13(9-11)18-3/h4-6,9-10,15H,7-8H2,1-3H3. The van der Waals surface area contributed by atoms with Crippen molar-refractivity contribution in [2.45, 2.75) is 6.42 Å². The first kappa shape index (κ1) is 12.6. The second-order valence-corrected chi connectivity index (χ2v) is 4.23. The van der Waals surface area contributed by atoms with Gasteiger partial charge in [0.15, 0.2) is 0 Å². The Bertz CT molecular complexity index is 520. The lowest BCUT2D eigenvalue weighted by Crippen LogP contribution is -2.10. The van der Waals surface area contributed by atoms with Crippen LogP contribution in [-0.4, -0.2) is 30.5 Å². The van der Waals surface area contributed by atoms with E-state index in [9.17, 15) is 0 Å². The van der Waals surface area contributed by atoms with Gasteiger partial charge >= 0.3 is 0 Å². The summed E-state index contributed by atoms with van der Waals surface area (Å²) in [6, 6.07) is 8.08. The van der Waals surface area contributed by atoms with Crippen LogP contribution in [0.1, 0.15) is 5.56 Å². The van der Waals surface area contributed by atoms with Crippen LogP contribution >= 0.6 is 0 Å². The van der Waals surface area contributed by atoms with Gasteiger partial charge in [0.05, 0.1) is 19.0 Å². The van der Waals surface area contributed by atoms with E-state index in [1.54, 1.807) is 7.11 Å². The summed E-state index contributed by atoms with van der Waals surface area (Å²) >= 11 is 0. The molecule has 2 aromatic rings. The Hall–Kier alpha value is -1.81. The molecule has 0 atom stereocenters. The van der Waals surface area contributed by atoms with Crippen molar-refractivity contribution in [3.8, 4) is 17.0 Å². The first-order valence-electron chi connectivity index (χ1n) is 6.06. The minimum Gasteiger partial charge on any atom is -0.497 e. The van der Waals surface area contributed by atoms with Crippen molar-refractivity contribution in [3.05, 3.63) is 36.0 Å². The third-order valence-electron chi connectivity index (χ3n) is 3.00. The van der Waals surface area contributed by atoms with E-state index >= 15 is 0 Å². The van der Waals surface area contributed by atoms with Crippen LogP contribution in [0, 0.1) is 0 Å². The number of rotatable bonds is 5. The molecular weight excluding hydrogens is 226 g/mol. The Morgan fingerprint density at radius 2 is 2.22 bits per heavy atom. The topological polar surface area (TPSA) is 39.1 Å². The molecule has 1 heterocycles. The fourth-order valence-corrected chi connectivity index (χ4v) is 2.07. The van der Waals surface area contributed by atoms with E-state index in [-0.39, 0.29) is 0 Å². The van der Waals surface area contributed by atoms with E-state index in [0.29, 0.717) is 0 Å². The third-order valence-corrected chi connectivity index (χ3v) is 3.00. The average molecular weight is 245 g/mol. The van der Waals surface area contributed by atoms with Crippen molar-refractivity contribution in [1.82, 2.24) is 15.1 Å². The summed E-state index contributed by atoms with van der Waals surface area (Å²) in [5, 5.41) is 7.51. The number of hydrogen-bond acceptors (Lipinski definition) is 3. The first-order valence-corrected chi connectivity index (χ1v) is 6.06. The Morgan fingerprint density at radius 3 is 2.94 bits per heavy atom. The highest BCUT2D eigenvalue weighted by atomic mass is 16.5. The van der Waals surface area contributed by atoms with Crippen molar-refractivity contribution in [2.24, 2.45) is 7.05 Å². The molecule has 96 valence electrons. The van der Waals surface area contributed by atoms with Crippen molar-refractivity contribution in [2.75, 3.05) is 20.7 Å². The van der Waals surface area contributed by atoms with Crippen LogP contribution in [0.2, 0.25) is 0 Å². The molecule has 0 radical (unpaired) electrons. The quantitative estimate of drug-likeness (QED) is 0.874. The van der Waals surface area contributed by atoms with Gasteiger partial charge in [-0.1, -0.05) is 12.1 Å². The van der Waals surface area contributed by atoms with Crippen molar-refractivity contribution in [1.29, 1.82) is 0 Å². The van der Waals surface area contributed by atoms with Gasteiger partial charge < -0.3 is 10.1 Å². The first-order chi connectivity index (χ1) is 8.76. The lowest BCUT2D eigenvalue weighted by molar-refractivity contribution is 0.415. The Kier molecular flexibility index (Phi) is 3.99. The van der Waals surface area contributed by atoms with Crippen molar-refractivity contribution < 1.29 is 4.74 Å². The normalized spacial score (nSPS) is 10.6. The van der Waals surface area contributed by atoms with Gasteiger partial charge in [0.1, 0.15) is 5.75 Å². The highest BCUT2D eigenvalue weighted by Gasteiger charge is 2.11. The monoisotopic (exact) mass is 245 g/mol. The molecule has 2 rings (SSSR count). The van der Waals surface area contributed by atoms with Gasteiger partial charge in [-0.25, -0.2) is 0 Å². The van der Waals surface area contributed by atoms with Crippen LogP contribution in [0.3, 0.4) is 0 Å². The molecule has 0 fully saturated rings. The molecule has 0 amide bonds. The van der Waals surface area contributed by atoms with Gasteiger partial charge in [-0.2, -0.15) is 5.10 Å². The minimum atomic E-state index is 0.869. The van der Waals surface area contributed by atoms with Crippen molar-refractivity contribution >= 4 is 0 Å². The second-order valence-electron chi connectivity index (χ2n) is 4.23. The van der Waals surface area contributed by atoms with E-state index in [0.717, 1.165) is 30.0 Å². The molecule has 18 heavy (non-hydrogen) atoms. The molecular formula is C14H19N3O. The molecule has 0 aliphatic carbocycles. The van der Waals surface area contributed by atoms with Crippen LogP contribution in [0.4, 0.5) is 0 Å². The Labute approximate surface area is 108 Å². The number of benzene rings is 1. The van der Waals surface area contributed by atoms with Gasteiger partial charge in [0.25, 0.3) is 0 Å². The molecule has 0 saturated heterocycles. The molecule has 0 aliphatic heterocycles. The lowest BCUT2D eigenvalue weighted by atomic mass is 10.1. The summed E-state index contributed by atoms with van der Waals surface area (Å²) in [5.74, 6) is 0.869. The molecule has 0 saturated carbocycles. The fourth-order valence-electron chi connectivity index (χ4n) is 2.07. The maximum atomic E-state index is 5.27. The minimum absolute atomic E-state index is 0.869. The molecule has 0 bridgehead atoms. The third kappa shape index (κ3) is 2.54. The van der Waals surface area contributed by atoms with Crippen LogP contribution < -0.4 is 10.1 Å². The van der Waals surface area contributed by atoms with E-state index in [4.69, 9.17) is 4.74 Å². The largest absolute Gasteiger partial charge is 0.497 e. The van der Waals surface area contributed by atoms with E-state index in [1.165, 1.54) is 5.56 Å². The number of methoxy groups -OCH3 is 1. The number of aromatic nitrogens is 2. The highest BCUT2D eigenvalue weighted by Crippen LogP contribution is 2.26. The number of likely N-dealkylation sites (N-methyl/N-ethyl adjacent to an activating group) is 1. The summed E-state index contributed by atoms with van der Waals surface area (Å²) in [7, 11) is 5.61. The predicted molar refractivity (Wildman–Crippen MR) is 72.8 cm³/mol. The van der Waals surface area contributed by atoms with E-state index in [1.807, 2.05) is 43.2 Å². The van der Waals surface area contributed by atoms with Gasteiger partial charge in [-0.3, -0.25) is 4.68 Å². The highest BCUT2D eigenvalue weighted by molar-refractivity contribution is 5.65. The zero-order valence-corrected chi connectivity index (χ0v) is 11.1. The number of hydrogen-bond donors (Lipinski definition) is 1. The molecule has 1 aromatic carbocycles. The summed E-state index contributed by atoms with van der Waals surface area (Å²) in [4.78, 5) is 0. The molecule has 0 aliphatic rings. The molecule has 4 nitrogen and oxygen atoms in total. The van der Waals surface area contributed by atoms with Crippen LogP contribution in [-0.2, 0) is 13.5 Å². The predicted octanol–water partition coefficient (Wildman–Crippen LogP) is 1.86. The maximum Gasteiger partial charge on any atom is 0.119 e. The second kappa shape index (κ2) is 5.69. The Morgan fingerprint density at radius 1 is 1.39 bits per heavy atom. The van der Waals surface area contributed by atoms with Gasteiger partial charge in [-0.15, -0.1) is 0 Å². The van der Waals surface area contributed by atoms with E-state index < -0.39 is 0 Å². The zero-order valence-electron chi connectivity index (χ0n) is 11.1. The molecule has 0 unspecified atom stereocenters. The molecule has 1 aromatic heterocycles. The number of nitrogens with zero attached hydrogens (tertiary/aromatic N) is 2. The van der Waals surface area contributed by atoms with Crippen LogP contribution in [0.15, 0.2) is 30.5 Å². The molecule has 0 spiro atoms. The number of nitrogens with one attached hydrogen (secondary N) is 1. The summed E-state index contributed by atoms with van der Waals surface area (Å²) in [6.07, 6.45) is 2.91. The zero-order chi connectivity index (χ0) is 13.0. The van der Waals surface area contributed by atoms with E-state index in [2.05, 4.69) is 16.5 Å². The summed E-state index contributed by atoms with van der Waals surface area (Å²) < 4.78 is 7.19. The van der Waals surface area contributed by atoms with Crippen LogP contribution in [0.25, 0.3) is 11.3 Å². The summed E-state index contributed by atoms with van der Waals surface area (Å²) in [6.45, 7) is 0.947. The van der Waals surface area contributed by atoms with Gasteiger partial charge in [0, 0.05) is 12.6 Å². The smallest absolute Gasteiger partial charge is 0.119 e. The number of ether oxygens (including phenoxy) is 1. The van der Waals surface area contributed by atoms with Crippen LogP contribution in [0.5, 0.6) is 5.75 Å². The Balaban J connectivity index is 2.38. The lowest BCUT2D eigenvalue weighted by Gasteiger charge is -2.08. The SMILES string of the molecule is CNCCc1cnn(C)c1-c1cccc(OC)c1. The van der Waals surface area contributed by atoms with Gasteiger partial charge in [0.2, 0.25) is 0 Å². The van der Waals surface area contributed by atoms with Gasteiger partial charge in [-0.05, 0) is 37.7 Å². The maximum absolute atomic E-state index is 5.27. The summed E-state index contributed by atoms with van der Waals surface area (Å²) in [5.41, 5.74) is 3.55. The molecule has 4 heteroatoms. The fraction of sp³-hybridized carbons (Fsp3) is 0.357. The van der Waals surface area contributed by atoms with Crippen molar-refractivity contribution in [3.63, 3.8) is 0 Å². The average Bonchev–Trinajstić information content (AvgIpc) is 2.77. The number of aryl methyl sites for hydroxylation is 1.